The lowest BCUT2D eigenvalue weighted by atomic mass is 10.1. The Morgan fingerprint density at radius 2 is 2.00 bits per heavy atom. The van der Waals surface area contributed by atoms with E-state index in [1.807, 2.05) is 0 Å². The van der Waals surface area contributed by atoms with Gasteiger partial charge in [-0.1, -0.05) is 0 Å². The van der Waals surface area contributed by atoms with E-state index in [1.54, 1.807) is 6.07 Å². The van der Waals surface area contributed by atoms with Crippen molar-refractivity contribution < 1.29 is 17.9 Å². The van der Waals surface area contributed by atoms with Crippen LogP contribution in [0.4, 0.5) is 13.2 Å². The SMILES string of the molecule is COc1cc(C(F)(F)F)ccc1C#CC#N. The zero-order chi connectivity index (χ0) is 12.2. The number of ether oxygens (including phenoxy) is 1. The summed E-state index contributed by atoms with van der Waals surface area (Å²) in [5, 5.41) is 8.23. The Morgan fingerprint density at radius 1 is 1.31 bits per heavy atom. The van der Waals surface area contributed by atoms with Crippen LogP contribution < -0.4 is 4.74 Å². The third kappa shape index (κ3) is 2.68. The van der Waals surface area contributed by atoms with E-state index in [-0.39, 0.29) is 11.3 Å². The van der Waals surface area contributed by atoms with E-state index >= 15 is 0 Å². The van der Waals surface area contributed by atoms with Gasteiger partial charge in [-0.05, 0) is 24.1 Å². The van der Waals surface area contributed by atoms with Crippen molar-refractivity contribution in [3.8, 4) is 23.7 Å². The Kier molecular flexibility index (Phi) is 3.42. The fraction of sp³-hybridized carbons (Fsp3) is 0.182. The van der Waals surface area contributed by atoms with E-state index in [1.165, 1.54) is 13.2 Å². The first kappa shape index (κ1) is 11.9. The Morgan fingerprint density at radius 3 is 2.50 bits per heavy atom. The van der Waals surface area contributed by atoms with Gasteiger partial charge in [-0.3, -0.25) is 0 Å². The fourth-order valence-corrected chi connectivity index (χ4v) is 1.07. The molecule has 0 spiro atoms. The molecule has 5 heteroatoms. The molecule has 0 unspecified atom stereocenters. The minimum absolute atomic E-state index is 0.00225. The predicted molar refractivity (Wildman–Crippen MR) is 50.5 cm³/mol. The second kappa shape index (κ2) is 4.59. The molecular weight excluding hydrogens is 219 g/mol. The largest absolute Gasteiger partial charge is 0.495 e. The predicted octanol–water partition coefficient (Wildman–Crippen LogP) is 2.59. The molecule has 0 amide bonds. The van der Waals surface area contributed by atoms with Crippen molar-refractivity contribution >= 4 is 0 Å². The number of rotatable bonds is 1. The van der Waals surface area contributed by atoms with Crippen LogP contribution >= 0.6 is 0 Å². The van der Waals surface area contributed by atoms with Gasteiger partial charge in [0.2, 0.25) is 0 Å². The lowest BCUT2D eigenvalue weighted by Crippen LogP contribution is -2.05. The van der Waals surface area contributed by atoms with Crippen molar-refractivity contribution in [1.82, 2.24) is 0 Å². The molecule has 0 aromatic heterocycles. The van der Waals surface area contributed by atoms with Gasteiger partial charge < -0.3 is 4.74 Å². The summed E-state index contributed by atoms with van der Waals surface area (Å²) in [5.74, 6) is 4.48. The van der Waals surface area contributed by atoms with Crippen LogP contribution in [0.2, 0.25) is 0 Å². The highest BCUT2D eigenvalue weighted by atomic mass is 19.4. The van der Waals surface area contributed by atoms with Crippen molar-refractivity contribution in [1.29, 1.82) is 5.26 Å². The molecule has 0 bridgehead atoms. The first-order valence-corrected chi connectivity index (χ1v) is 4.14. The van der Waals surface area contributed by atoms with Gasteiger partial charge >= 0.3 is 6.18 Å². The van der Waals surface area contributed by atoms with E-state index < -0.39 is 11.7 Å². The average molecular weight is 225 g/mol. The Balaban J connectivity index is 3.23. The van der Waals surface area contributed by atoms with E-state index in [0.717, 1.165) is 12.1 Å². The molecule has 0 radical (unpaired) electrons. The molecule has 2 nitrogen and oxygen atoms in total. The normalized spacial score (nSPS) is 9.94. The molecule has 82 valence electrons. The Labute approximate surface area is 90.3 Å². The minimum Gasteiger partial charge on any atom is -0.495 e. The first-order chi connectivity index (χ1) is 7.49. The number of halogens is 3. The Bertz CT molecular complexity index is 489. The van der Waals surface area contributed by atoms with Gasteiger partial charge in [-0.15, -0.1) is 0 Å². The third-order valence-electron chi connectivity index (χ3n) is 1.78. The zero-order valence-electron chi connectivity index (χ0n) is 8.22. The van der Waals surface area contributed by atoms with Crippen LogP contribution in [-0.2, 0) is 6.18 Å². The zero-order valence-corrected chi connectivity index (χ0v) is 8.22. The number of nitrogens with zero attached hydrogens (tertiary/aromatic N) is 1. The van der Waals surface area contributed by atoms with Crippen molar-refractivity contribution in [3.05, 3.63) is 29.3 Å². The number of hydrogen-bond donors (Lipinski definition) is 0. The van der Waals surface area contributed by atoms with Gasteiger partial charge in [0.1, 0.15) is 5.75 Å². The maximum Gasteiger partial charge on any atom is 0.416 e. The summed E-state index contributed by atoms with van der Waals surface area (Å²) in [6, 6.07) is 4.49. The van der Waals surface area contributed by atoms with Crippen LogP contribution in [0.25, 0.3) is 0 Å². The minimum atomic E-state index is -4.42. The fourth-order valence-electron chi connectivity index (χ4n) is 1.07. The third-order valence-corrected chi connectivity index (χ3v) is 1.78. The average Bonchev–Trinajstić information content (AvgIpc) is 2.24. The highest BCUT2D eigenvalue weighted by Crippen LogP contribution is 2.32. The van der Waals surface area contributed by atoms with Gasteiger partial charge in [0.15, 0.2) is 6.07 Å². The van der Waals surface area contributed by atoms with Crippen molar-refractivity contribution in [2.45, 2.75) is 6.18 Å². The summed E-state index contributed by atoms with van der Waals surface area (Å²) < 4.78 is 41.8. The Hall–Kier alpha value is -2.14. The molecule has 0 heterocycles. The number of hydrogen-bond acceptors (Lipinski definition) is 2. The maximum absolute atomic E-state index is 12.3. The summed E-state index contributed by atoms with van der Waals surface area (Å²) in [6.07, 6.45) is -4.42. The maximum atomic E-state index is 12.3. The highest BCUT2D eigenvalue weighted by Gasteiger charge is 2.31. The van der Waals surface area contributed by atoms with Gasteiger partial charge in [0.05, 0.1) is 18.2 Å². The van der Waals surface area contributed by atoms with E-state index in [2.05, 4.69) is 11.8 Å². The molecule has 0 atom stereocenters. The quantitative estimate of drug-likeness (QED) is 0.688. The van der Waals surface area contributed by atoms with Crippen LogP contribution in [0.5, 0.6) is 5.75 Å². The summed E-state index contributed by atoms with van der Waals surface area (Å²) >= 11 is 0. The van der Waals surface area contributed by atoms with E-state index in [0.29, 0.717) is 0 Å². The van der Waals surface area contributed by atoms with Gasteiger partial charge in [0, 0.05) is 5.92 Å². The van der Waals surface area contributed by atoms with Crippen molar-refractivity contribution in [2.75, 3.05) is 7.11 Å². The lowest BCUT2D eigenvalue weighted by Gasteiger charge is -2.09. The van der Waals surface area contributed by atoms with Crippen LogP contribution in [0, 0.1) is 23.2 Å². The standard InChI is InChI=1S/C11H6F3NO/c1-16-10-7-9(11(12,13)14)5-4-8(10)3-2-6-15/h4-5,7H,1H3. The van der Waals surface area contributed by atoms with E-state index in [4.69, 9.17) is 10.00 Å². The second-order valence-electron chi connectivity index (χ2n) is 2.77. The molecular formula is C11H6F3NO. The van der Waals surface area contributed by atoms with Crippen LogP contribution in [0.1, 0.15) is 11.1 Å². The molecule has 1 rings (SSSR count). The van der Waals surface area contributed by atoms with Gasteiger partial charge in [0.25, 0.3) is 0 Å². The molecule has 1 aromatic rings. The van der Waals surface area contributed by atoms with E-state index in [9.17, 15) is 13.2 Å². The molecule has 16 heavy (non-hydrogen) atoms. The second-order valence-corrected chi connectivity index (χ2v) is 2.77. The molecule has 0 fully saturated rings. The molecule has 0 aliphatic rings. The highest BCUT2D eigenvalue weighted by molar-refractivity contribution is 5.49. The molecule has 0 saturated carbocycles. The first-order valence-electron chi connectivity index (χ1n) is 4.14. The van der Waals surface area contributed by atoms with Crippen LogP contribution in [0.3, 0.4) is 0 Å². The number of nitriles is 1. The van der Waals surface area contributed by atoms with Crippen LogP contribution in [0.15, 0.2) is 18.2 Å². The van der Waals surface area contributed by atoms with Crippen molar-refractivity contribution in [2.24, 2.45) is 0 Å². The lowest BCUT2D eigenvalue weighted by molar-refractivity contribution is -0.137. The molecule has 0 N–H and O–H groups in total. The molecule has 0 saturated heterocycles. The summed E-state index contributed by atoms with van der Waals surface area (Å²) in [7, 11) is 1.24. The van der Waals surface area contributed by atoms with Gasteiger partial charge in [-0.2, -0.15) is 18.4 Å². The smallest absolute Gasteiger partial charge is 0.416 e. The summed E-state index contributed by atoms with van der Waals surface area (Å²) in [5.41, 5.74) is -0.566. The topological polar surface area (TPSA) is 33.0 Å². The number of methoxy groups -OCH3 is 1. The number of alkyl halides is 3. The molecule has 0 aliphatic heterocycles. The van der Waals surface area contributed by atoms with Gasteiger partial charge in [-0.25, -0.2) is 0 Å². The monoisotopic (exact) mass is 225 g/mol. The number of benzene rings is 1. The van der Waals surface area contributed by atoms with Crippen molar-refractivity contribution in [3.63, 3.8) is 0 Å². The summed E-state index contributed by atoms with van der Waals surface area (Å²) in [4.78, 5) is 0. The van der Waals surface area contributed by atoms with Crippen LogP contribution in [-0.4, -0.2) is 7.11 Å². The molecule has 0 aliphatic carbocycles. The molecule has 1 aromatic carbocycles. The summed E-state index contributed by atoms with van der Waals surface area (Å²) in [6.45, 7) is 0.